The molecule has 0 aliphatic carbocycles. The van der Waals surface area contributed by atoms with Crippen LogP contribution in [0.2, 0.25) is 0 Å². The van der Waals surface area contributed by atoms with Crippen LogP contribution < -0.4 is 11.3 Å². The van der Waals surface area contributed by atoms with Gasteiger partial charge in [0.05, 0.1) is 5.69 Å². The van der Waals surface area contributed by atoms with E-state index in [1.54, 1.807) is 0 Å². The molecule has 0 saturated heterocycles. The van der Waals surface area contributed by atoms with Crippen LogP contribution in [0.15, 0.2) is 6.07 Å². The van der Waals surface area contributed by atoms with Gasteiger partial charge < -0.3 is 0 Å². The Morgan fingerprint density at radius 2 is 2.24 bits per heavy atom. The molecule has 5 heteroatoms. The van der Waals surface area contributed by atoms with E-state index in [-0.39, 0.29) is 0 Å². The summed E-state index contributed by atoms with van der Waals surface area (Å²) in [4.78, 5) is 0. The van der Waals surface area contributed by atoms with E-state index < -0.39 is 0 Å². The number of nitrogens with two attached hydrogens (primary N) is 1. The first-order valence-corrected chi connectivity index (χ1v) is 7.22. The molecule has 1 atom stereocenters. The van der Waals surface area contributed by atoms with Crippen molar-refractivity contribution in [2.45, 2.75) is 52.0 Å². The van der Waals surface area contributed by atoms with Crippen molar-refractivity contribution in [2.24, 2.45) is 5.84 Å². The normalized spacial score (nSPS) is 13.3. The van der Waals surface area contributed by atoms with Crippen LogP contribution >= 0.6 is 11.8 Å². The topological polar surface area (TPSA) is 55.9 Å². The average molecular weight is 256 g/mol. The molecule has 98 valence electrons. The third kappa shape index (κ3) is 4.69. The molecular formula is C12H24N4S. The summed E-state index contributed by atoms with van der Waals surface area (Å²) in [5.74, 6) is 6.64. The summed E-state index contributed by atoms with van der Waals surface area (Å²) < 4.78 is 2.06. The molecule has 1 heterocycles. The van der Waals surface area contributed by atoms with E-state index in [1.165, 1.54) is 5.69 Å². The summed E-state index contributed by atoms with van der Waals surface area (Å²) in [6.07, 6.45) is 0.935. The molecule has 1 rings (SSSR count). The maximum absolute atomic E-state index is 5.61. The molecule has 0 aliphatic rings. The fourth-order valence-electron chi connectivity index (χ4n) is 1.76. The lowest BCUT2D eigenvalue weighted by atomic mass is 10.2. The number of aryl methyl sites for hydroxylation is 2. The van der Waals surface area contributed by atoms with E-state index in [1.807, 2.05) is 18.7 Å². The number of rotatable bonds is 7. The van der Waals surface area contributed by atoms with Gasteiger partial charge in [0.1, 0.15) is 0 Å². The molecule has 1 aromatic rings. The number of thioether (sulfide) groups is 1. The summed E-state index contributed by atoms with van der Waals surface area (Å²) in [5.41, 5.74) is 5.24. The second-order valence-electron chi connectivity index (χ2n) is 4.54. The lowest BCUT2D eigenvalue weighted by molar-refractivity contribution is 0.534. The molecule has 1 aromatic heterocycles. The first kappa shape index (κ1) is 14.5. The van der Waals surface area contributed by atoms with Gasteiger partial charge in [0, 0.05) is 30.5 Å². The molecular weight excluding hydrogens is 232 g/mol. The molecule has 0 aromatic carbocycles. The zero-order chi connectivity index (χ0) is 12.8. The van der Waals surface area contributed by atoms with Gasteiger partial charge in [-0.25, -0.2) is 0 Å². The first-order valence-electron chi connectivity index (χ1n) is 6.17. The van der Waals surface area contributed by atoms with Crippen molar-refractivity contribution >= 4 is 11.8 Å². The molecule has 0 saturated carbocycles. The van der Waals surface area contributed by atoms with Gasteiger partial charge in [0.25, 0.3) is 0 Å². The molecule has 0 aliphatic heterocycles. The Morgan fingerprint density at radius 3 is 2.76 bits per heavy atom. The summed E-state index contributed by atoms with van der Waals surface area (Å²) in [6, 6.07) is 2.46. The van der Waals surface area contributed by atoms with Crippen LogP contribution in [0.3, 0.4) is 0 Å². The second kappa shape index (κ2) is 7.03. The highest BCUT2D eigenvalue weighted by Crippen LogP contribution is 2.14. The SMILES string of the molecule is CCn1nc(C)cc1CC(CSC(C)C)NN. The number of hydrogen-bond acceptors (Lipinski definition) is 4. The molecule has 0 fully saturated rings. The highest BCUT2D eigenvalue weighted by Gasteiger charge is 2.12. The van der Waals surface area contributed by atoms with Gasteiger partial charge in [0.2, 0.25) is 0 Å². The Kier molecular flexibility index (Phi) is 6.02. The van der Waals surface area contributed by atoms with Crippen LogP contribution in [0.5, 0.6) is 0 Å². The monoisotopic (exact) mass is 256 g/mol. The van der Waals surface area contributed by atoms with E-state index in [4.69, 9.17) is 5.84 Å². The Morgan fingerprint density at radius 1 is 1.53 bits per heavy atom. The maximum atomic E-state index is 5.61. The van der Waals surface area contributed by atoms with Crippen molar-refractivity contribution < 1.29 is 0 Å². The van der Waals surface area contributed by atoms with Crippen LogP contribution in [0, 0.1) is 6.92 Å². The van der Waals surface area contributed by atoms with E-state index in [9.17, 15) is 0 Å². The Labute approximate surface area is 108 Å². The second-order valence-corrected chi connectivity index (χ2v) is 6.15. The molecule has 0 radical (unpaired) electrons. The summed E-state index contributed by atoms with van der Waals surface area (Å²) in [6.45, 7) is 9.47. The van der Waals surface area contributed by atoms with Gasteiger partial charge in [0.15, 0.2) is 0 Å². The molecule has 0 spiro atoms. The number of hydrazine groups is 1. The van der Waals surface area contributed by atoms with Crippen LogP contribution in [-0.2, 0) is 13.0 Å². The van der Waals surface area contributed by atoms with Crippen molar-refractivity contribution in [1.82, 2.24) is 15.2 Å². The highest BCUT2D eigenvalue weighted by atomic mass is 32.2. The smallest absolute Gasteiger partial charge is 0.0596 e. The van der Waals surface area contributed by atoms with Crippen LogP contribution in [0.1, 0.15) is 32.2 Å². The van der Waals surface area contributed by atoms with E-state index in [2.05, 4.69) is 42.0 Å². The zero-order valence-electron chi connectivity index (χ0n) is 11.2. The third-order valence-corrected chi connectivity index (χ3v) is 3.87. The number of nitrogens with one attached hydrogen (secondary N) is 1. The van der Waals surface area contributed by atoms with Crippen molar-refractivity contribution in [3.63, 3.8) is 0 Å². The zero-order valence-corrected chi connectivity index (χ0v) is 12.0. The fraction of sp³-hybridized carbons (Fsp3) is 0.750. The number of hydrogen-bond donors (Lipinski definition) is 2. The molecule has 17 heavy (non-hydrogen) atoms. The largest absolute Gasteiger partial charge is 0.271 e. The van der Waals surface area contributed by atoms with Crippen LogP contribution in [-0.4, -0.2) is 26.8 Å². The number of aromatic nitrogens is 2. The van der Waals surface area contributed by atoms with Crippen molar-refractivity contribution in [3.05, 3.63) is 17.5 Å². The van der Waals surface area contributed by atoms with Crippen LogP contribution in [0.4, 0.5) is 0 Å². The minimum Gasteiger partial charge on any atom is -0.271 e. The third-order valence-electron chi connectivity index (χ3n) is 2.61. The summed E-state index contributed by atoms with van der Waals surface area (Å²) in [7, 11) is 0. The number of nitrogens with zero attached hydrogens (tertiary/aromatic N) is 2. The highest BCUT2D eigenvalue weighted by molar-refractivity contribution is 7.99. The molecule has 1 unspecified atom stereocenters. The van der Waals surface area contributed by atoms with Gasteiger partial charge in [-0.15, -0.1) is 0 Å². The van der Waals surface area contributed by atoms with Crippen molar-refractivity contribution in [1.29, 1.82) is 0 Å². The van der Waals surface area contributed by atoms with E-state index in [0.29, 0.717) is 11.3 Å². The quantitative estimate of drug-likeness (QED) is 0.576. The predicted molar refractivity (Wildman–Crippen MR) is 75.0 cm³/mol. The van der Waals surface area contributed by atoms with Crippen molar-refractivity contribution in [3.8, 4) is 0 Å². The van der Waals surface area contributed by atoms with E-state index >= 15 is 0 Å². The Balaban J connectivity index is 2.59. The summed E-state index contributed by atoms with van der Waals surface area (Å²) >= 11 is 1.93. The van der Waals surface area contributed by atoms with Crippen LogP contribution in [0.25, 0.3) is 0 Å². The predicted octanol–water partition coefficient (Wildman–Crippen LogP) is 1.73. The Bertz CT molecular complexity index is 335. The lowest BCUT2D eigenvalue weighted by Gasteiger charge is -2.17. The minimum absolute atomic E-state index is 0.309. The molecule has 0 amide bonds. The Hall–Kier alpha value is -0.520. The standard InChI is InChI=1S/C12H24N4S/c1-5-16-12(6-10(4)15-16)7-11(14-13)8-17-9(2)3/h6,9,11,14H,5,7-8,13H2,1-4H3. The lowest BCUT2D eigenvalue weighted by Crippen LogP contribution is -2.39. The average Bonchev–Trinajstić information content (AvgIpc) is 2.64. The van der Waals surface area contributed by atoms with Gasteiger partial charge in [-0.2, -0.15) is 16.9 Å². The minimum atomic E-state index is 0.309. The van der Waals surface area contributed by atoms with Gasteiger partial charge in [-0.3, -0.25) is 16.0 Å². The first-order chi connectivity index (χ1) is 8.06. The molecule has 3 N–H and O–H groups in total. The summed E-state index contributed by atoms with van der Waals surface area (Å²) in [5, 5.41) is 5.10. The van der Waals surface area contributed by atoms with E-state index in [0.717, 1.165) is 24.4 Å². The van der Waals surface area contributed by atoms with Crippen molar-refractivity contribution in [2.75, 3.05) is 5.75 Å². The molecule has 0 bridgehead atoms. The van der Waals surface area contributed by atoms with Gasteiger partial charge >= 0.3 is 0 Å². The fourth-order valence-corrected chi connectivity index (χ4v) is 2.60. The molecule has 4 nitrogen and oxygen atoms in total. The van der Waals surface area contributed by atoms with Gasteiger partial charge in [-0.05, 0) is 25.2 Å². The van der Waals surface area contributed by atoms with Gasteiger partial charge in [-0.1, -0.05) is 13.8 Å². The maximum Gasteiger partial charge on any atom is 0.0596 e.